The van der Waals surface area contributed by atoms with Crippen LogP contribution in [-0.4, -0.2) is 21.4 Å². The molecule has 0 spiro atoms. The third-order valence-corrected chi connectivity index (χ3v) is 4.67. The summed E-state index contributed by atoms with van der Waals surface area (Å²) in [7, 11) is 0. The molecule has 2 heterocycles. The minimum atomic E-state index is 0.914. The number of aromatic amines is 1. The van der Waals surface area contributed by atoms with Crippen molar-refractivity contribution in [3.05, 3.63) is 83.8 Å². The number of aryl methyl sites for hydroxylation is 1. The Kier molecular flexibility index (Phi) is 4.64. The lowest BCUT2D eigenvalue weighted by atomic mass is 10.1. The second-order valence-electron chi connectivity index (χ2n) is 6.54. The van der Waals surface area contributed by atoms with Crippen molar-refractivity contribution in [3.8, 4) is 11.4 Å². The summed E-state index contributed by atoms with van der Waals surface area (Å²) in [6.45, 7) is 2.00. The molecule has 0 bridgehead atoms. The van der Waals surface area contributed by atoms with Crippen molar-refractivity contribution < 1.29 is 0 Å². The molecule has 3 nitrogen and oxygen atoms in total. The zero-order valence-electron chi connectivity index (χ0n) is 14.4. The van der Waals surface area contributed by atoms with Crippen LogP contribution in [0.25, 0.3) is 17.5 Å². The lowest BCUT2D eigenvalue weighted by Crippen LogP contribution is -2.21. The van der Waals surface area contributed by atoms with E-state index in [1.165, 1.54) is 24.1 Å². The van der Waals surface area contributed by atoms with Gasteiger partial charge in [0.05, 0.1) is 17.9 Å². The van der Waals surface area contributed by atoms with Crippen molar-refractivity contribution in [1.29, 1.82) is 0 Å². The number of hydrogen-bond donors (Lipinski definition) is 1. The topological polar surface area (TPSA) is 31.9 Å². The van der Waals surface area contributed by atoms with Crippen LogP contribution in [0.2, 0.25) is 0 Å². The summed E-state index contributed by atoms with van der Waals surface area (Å²) in [5.41, 5.74) is 4.85. The van der Waals surface area contributed by atoms with Gasteiger partial charge in [-0.05, 0) is 30.9 Å². The molecule has 1 aromatic heterocycles. The Morgan fingerprint density at radius 1 is 0.920 bits per heavy atom. The van der Waals surface area contributed by atoms with Gasteiger partial charge in [0.2, 0.25) is 0 Å². The van der Waals surface area contributed by atoms with Gasteiger partial charge in [0.15, 0.2) is 0 Å². The second-order valence-corrected chi connectivity index (χ2v) is 6.54. The molecule has 2 aromatic carbocycles. The third kappa shape index (κ3) is 3.82. The molecule has 1 aliphatic rings. The van der Waals surface area contributed by atoms with Gasteiger partial charge in [0.1, 0.15) is 5.82 Å². The average Bonchev–Trinajstić information content (AvgIpc) is 3.10. The van der Waals surface area contributed by atoms with Gasteiger partial charge >= 0.3 is 0 Å². The standard InChI is InChI=1S/C22H23N3/c1-3-9-18(10-4-1)11-7-8-15-25-16-14-20-21(17-25)24-22(23-20)19-12-5-2-6-13-19/h1-6,9-10,12-14,16H,7-8,11,15,17H2,(H,23,24). The predicted molar refractivity (Wildman–Crippen MR) is 103 cm³/mol. The number of fused-ring (bicyclic) bond motifs is 1. The van der Waals surface area contributed by atoms with Gasteiger partial charge in [-0.2, -0.15) is 0 Å². The summed E-state index contributed by atoms with van der Waals surface area (Å²) in [5.74, 6) is 0.959. The van der Waals surface area contributed by atoms with Crippen LogP contribution < -0.4 is 0 Å². The van der Waals surface area contributed by atoms with E-state index in [0.717, 1.165) is 36.6 Å². The number of benzene rings is 2. The van der Waals surface area contributed by atoms with E-state index in [-0.39, 0.29) is 0 Å². The highest BCUT2D eigenvalue weighted by molar-refractivity contribution is 5.60. The molecule has 0 unspecified atom stereocenters. The largest absolute Gasteiger partial charge is 0.371 e. The number of nitrogens with zero attached hydrogens (tertiary/aromatic N) is 2. The maximum absolute atomic E-state index is 4.72. The highest BCUT2D eigenvalue weighted by atomic mass is 15.1. The second kappa shape index (κ2) is 7.39. The van der Waals surface area contributed by atoms with E-state index < -0.39 is 0 Å². The molecule has 1 N–H and O–H groups in total. The molecule has 0 atom stereocenters. The van der Waals surface area contributed by atoms with Crippen molar-refractivity contribution in [1.82, 2.24) is 14.9 Å². The first-order chi connectivity index (χ1) is 12.4. The quantitative estimate of drug-likeness (QED) is 0.653. The smallest absolute Gasteiger partial charge is 0.138 e. The molecule has 25 heavy (non-hydrogen) atoms. The van der Waals surface area contributed by atoms with Gasteiger partial charge in [-0.25, -0.2) is 4.98 Å². The number of aromatic nitrogens is 2. The predicted octanol–water partition coefficient (Wildman–Crippen LogP) is 4.89. The highest BCUT2D eigenvalue weighted by Crippen LogP contribution is 2.23. The molecule has 0 saturated heterocycles. The molecule has 0 saturated carbocycles. The Balaban J connectivity index is 1.31. The SMILES string of the molecule is C1=CN(CCCCc2ccccc2)Cc2[nH]c(-c3ccccc3)nc21. The molecule has 0 radical (unpaired) electrons. The molecular weight excluding hydrogens is 306 g/mol. The number of nitrogens with one attached hydrogen (secondary N) is 1. The Hall–Kier alpha value is -2.81. The van der Waals surface area contributed by atoms with Gasteiger partial charge in [-0.15, -0.1) is 0 Å². The number of rotatable bonds is 6. The van der Waals surface area contributed by atoms with Crippen LogP contribution in [-0.2, 0) is 13.0 Å². The normalized spacial score (nSPS) is 13.0. The Morgan fingerprint density at radius 2 is 1.68 bits per heavy atom. The number of H-pyrrole nitrogens is 1. The molecule has 3 heteroatoms. The van der Waals surface area contributed by atoms with Crippen LogP contribution in [0.3, 0.4) is 0 Å². The lowest BCUT2D eigenvalue weighted by molar-refractivity contribution is 0.352. The van der Waals surface area contributed by atoms with Crippen LogP contribution >= 0.6 is 0 Å². The molecule has 1 aliphatic heterocycles. The van der Waals surface area contributed by atoms with Crippen molar-refractivity contribution in [2.24, 2.45) is 0 Å². The Bertz CT molecular complexity index is 834. The number of unbranched alkanes of at least 4 members (excludes halogenated alkanes) is 1. The van der Waals surface area contributed by atoms with Gasteiger partial charge < -0.3 is 9.88 Å². The van der Waals surface area contributed by atoms with Gasteiger partial charge in [0, 0.05) is 18.3 Å². The minimum Gasteiger partial charge on any atom is -0.371 e. The van der Waals surface area contributed by atoms with Crippen LogP contribution in [0.1, 0.15) is 29.8 Å². The molecule has 0 aliphatic carbocycles. The Labute approximate surface area is 149 Å². The lowest BCUT2D eigenvalue weighted by Gasteiger charge is -2.22. The Morgan fingerprint density at radius 3 is 2.48 bits per heavy atom. The van der Waals surface area contributed by atoms with E-state index in [1.807, 2.05) is 18.2 Å². The van der Waals surface area contributed by atoms with E-state index in [0.29, 0.717) is 0 Å². The van der Waals surface area contributed by atoms with Crippen LogP contribution in [0, 0.1) is 0 Å². The zero-order valence-corrected chi connectivity index (χ0v) is 14.4. The maximum Gasteiger partial charge on any atom is 0.138 e. The molecule has 0 fully saturated rings. The number of imidazole rings is 1. The summed E-state index contributed by atoms with van der Waals surface area (Å²) in [6.07, 6.45) is 7.89. The molecule has 126 valence electrons. The zero-order chi connectivity index (χ0) is 16.9. The first-order valence-electron chi connectivity index (χ1n) is 8.99. The van der Waals surface area contributed by atoms with Crippen molar-refractivity contribution in [2.45, 2.75) is 25.8 Å². The van der Waals surface area contributed by atoms with Crippen molar-refractivity contribution in [3.63, 3.8) is 0 Å². The van der Waals surface area contributed by atoms with E-state index in [9.17, 15) is 0 Å². The fourth-order valence-corrected chi connectivity index (χ4v) is 3.29. The summed E-state index contributed by atoms with van der Waals surface area (Å²) in [6, 6.07) is 21.0. The first-order valence-corrected chi connectivity index (χ1v) is 8.99. The number of hydrogen-bond acceptors (Lipinski definition) is 2. The van der Waals surface area contributed by atoms with Crippen molar-refractivity contribution in [2.75, 3.05) is 6.54 Å². The van der Waals surface area contributed by atoms with Gasteiger partial charge in [-0.1, -0.05) is 60.7 Å². The summed E-state index contributed by atoms with van der Waals surface area (Å²) < 4.78 is 0. The van der Waals surface area contributed by atoms with E-state index in [1.54, 1.807) is 0 Å². The third-order valence-electron chi connectivity index (χ3n) is 4.67. The molecule has 4 rings (SSSR count). The summed E-state index contributed by atoms with van der Waals surface area (Å²) in [5, 5.41) is 0. The average molecular weight is 329 g/mol. The summed E-state index contributed by atoms with van der Waals surface area (Å²) in [4.78, 5) is 10.6. The van der Waals surface area contributed by atoms with Crippen LogP contribution in [0.4, 0.5) is 0 Å². The first kappa shape index (κ1) is 15.7. The van der Waals surface area contributed by atoms with E-state index >= 15 is 0 Å². The highest BCUT2D eigenvalue weighted by Gasteiger charge is 2.15. The van der Waals surface area contributed by atoms with E-state index in [2.05, 4.69) is 64.6 Å². The molecule has 0 amide bonds. The van der Waals surface area contributed by atoms with Crippen LogP contribution in [0.15, 0.2) is 66.9 Å². The monoisotopic (exact) mass is 329 g/mol. The van der Waals surface area contributed by atoms with E-state index in [4.69, 9.17) is 4.98 Å². The van der Waals surface area contributed by atoms with Gasteiger partial charge in [-0.3, -0.25) is 0 Å². The van der Waals surface area contributed by atoms with Crippen molar-refractivity contribution >= 4 is 6.08 Å². The van der Waals surface area contributed by atoms with Crippen LogP contribution in [0.5, 0.6) is 0 Å². The fraction of sp³-hybridized carbons (Fsp3) is 0.227. The van der Waals surface area contributed by atoms with Gasteiger partial charge in [0.25, 0.3) is 0 Å². The molecular formula is C22H23N3. The molecule has 3 aromatic rings. The fourth-order valence-electron chi connectivity index (χ4n) is 3.29. The maximum atomic E-state index is 4.72. The minimum absolute atomic E-state index is 0.914. The summed E-state index contributed by atoms with van der Waals surface area (Å²) >= 11 is 0.